The summed E-state index contributed by atoms with van der Waals surface area (Å²) in [6.45, 7) is 27.6. The highest BCUT2D eigenvalue weighted by Crippen LogP contribution is 2.65. The fourth-order valence-corrected chi connectivity index (χ4v) is 13.9. The molecule has 4 amide bonds. The second-order valence-corrected chi connectivity index (χ2v) is 30.1. The summed E-state index contributed by atoms with van der Waals surface area (Å²) in [7, 11) is -5.65. The minimum absolute atomic E-state index is 0.0105. The van der Waals surface area contributed by atoms with Crippen LogP contribution >= 0.6 is 0 Å². The number of hydrogen-bond donors (Lipinski definition) is 1. The van der Waals surface area contributed by atoms with E-state index >= 15 is 4.79 Å². The molecule has 1 aliphatic carbocycles. The van der Waals surface area contributed by atoms with Gasteiger partial charge >= 0.3 is 0 Å². The first-order chi connectivity index (χ1) is 28.5. The van der Waals surface area contributed by atoms with E-state index in [1.807, 2.05) is 48.5 Å². The summed E-state index contributed by atoms with van der Waals surface area (Å²) in [5, 5.41) is 2.47. The number of amides is 4. The van der Waals surface area contributed by atoms with Crippen LogP contribution in [0.15, 0.2) is 12.7 Å². The topological polar surface area (TPSA) is 175 Å². The van der Waals surface area contributed by atoms with Crippen molar-refractivity contribution in [2.24, 2.45) is 45.8 Å². The minimum atomic E-state index is -3.86. The Morgan fingerprint density at radius 1 is 0.952 bits per heavy atom. The molecule has 0 aromatic heterocycles. The summed E-state index contributed by atoms with van der Waals surface area (Å²) in [5.41, 5.74) is -1.23. The van der Waals surface area contributed by atoms with Crippen LogP contribution < -0.4 is 5.32 Å². The lowest BCUT2D eigenvalue weighted by atomic mass is 9.75. The van der Waals surface area contributed by atoms with Crippen molar-refractivity contribution in [1.82, 2.24) is 19.4 Å². The number of nitrogens with one attached hydrogen (secondary N) is 1. The molecule has 0 radical (unpaired) electrons. The number of piperidine rings is 2. The Balaban J connectivity index is 2.02. The van der Waals surface area contributed by atoms with Gasteiger partial charge in [0.25, 0.3) is 5.91 Å². The van der Waals surface area contributed by atoms with Crippen LogP contribution in [0.1, 0.15) is 127 Å². The van der Waals surface area contributed by atoms with Crippen molar-refractivity contribution in [3.05, 3.63) is 12.7 Å². The van der Waals surface area contributed by atoms with Gasteiger partial charge in [-0.05, 0) is 46.5 Å². The number of ketones is 3. The highest BCUT2D eigenvalue weighted by molar-refractivity contribution is 7.89. The lowest BCUT2D eigenvalue weighted by Gasteiger charge is -2.39. The number of hydrogen-bond acceptors (Lipinski definition) is 9. The summed E-state index contributed by atoms with van der Waals surface area (Å²) in [6, 6.07) is -0.373. The van der Waals surface area contributed by atoms with Gasteiger partial charge in [-0.2, -0.15) is 0 Å². The number of fused-ring (bicyclic) bond motifs is 1. The summed E-state index contributed by atoms with van der Waals surface area (Å²) < 4.78 is 29.9. The van der Waals surface area contributed by atoms with Gasteiger partial charge in [0.15, 0.2) is 5.78 Å². The second-order valence-electron chi connectivity index (χ2n) is 22.3. The first kappa shape index (κ1) is 53.3. The Morgan fingerprint density at radius 3 is 2.10 bits per heavy atom. The monoisotopic (exact) mass is 905 g/mol. The van der Waals surface area contributed by atoms with Crippen molar-refractivity contribution in [2.45, 2.75) is 158 Å². The van der Waals surface area contributed by atoms with Crippen molar-refractivity contribution in [3.63, 3.8) is 0 Å². The molecule has 2 heterocycles. The molecule has 0 aromatic rings. The average Bonchev–Trinajstić information content (AvgIpc) is 3.44. The summed E-state index contributed by atoms with van der Waals surface area (Å²) in [6.07, 6.45) is 5.68. The van der Waals surface area contributed by atoms with Crippen molar-refractivity contribution in [2.75, 3.05) is 38.5 Å². The van der Waals surface area contributed by atoms with Crippen LogP contribution in [0.5, 0.6) is 0 Å². The molecule has 0 spiro atoms. The second kappa shape index (κ2) is 21.3. The van der Waals surface area contributed by atoms with Crippen molar-refractivity contribution in [1.29, 1.82) is 0 Å². The third-order valence-electron chi connectivity index (χ3n) is 13.6. The van der Waals surface area contributed by atoms with E-state index in [0.717, 1.165) is 25.7 Å². The summed E-state index contributed by atoms with van der Waals surface area (Å²) >= 11 is 0. The third-order valence-corrected chi connectivity index (χ3v) is 17.6. The molecule has 3 aliphatic rings. The van der Waals surface area contributed by atoms with Crippen LogP contribution in [-0.2, 0) is 43.6 Å². The molecule has 1 saturated carbocycles. The summed E-state index contributed by atoms with van der Waals surface area (Å²) in [5.74, 6) is -6.00. The van der Waals surface area contributed by atoms with E-state index in [4.69, 9.17) is 0 Å². The van der Waals surface area contributed by atoms with Crippen LogP contribution in [-0.4, -0.2) is 116 Å². The number of nitrogens with zero attached hydrogens (tertiary/aromatic N) is 3. The Hall–Kier alpha value is -3.04. The molecule has 352 valence electrons. The molecule has 1 N–H and O–H groups in total. The Morgan fingerprint density at radius 2 is 1.55 bits per heavy atom. The first-order valence-electron chi connectivity index (χ1n) is 23.1. The van der Waals surface area contributed by atoms with Gasteiger partial charge in [0.2, 0.25) is 33.5 Å². The molecule has 2 aliphatic heterocycles. The predicted octanol–water partition coefficient (Wildman–Crippen LogP) is 6.68. The van der Waals surface area contributed by atoms with Gasteiger partial charge in [0, 0.05) is 78.8 Å². The molecule has 6 atom stereocenters. The highest BCUT2D eigenvalue weighted by atomic mass is 32.2. The van der Waals surface area contributed by atoms with E-state index in [1.54, 1.807) is 0 Å². The number of sulfonamides is 1. The Kier molecular flexibility index (Phi) is 18.3. The minimum Gasteiger partial charge on any atom is -0.346 e. The fourth-order valence-electron chi connectivity index (χ4n) is 9.30. The van der Waals surface area contributed by atoms with E-state index in [2.05, 4.69) is 38.5 Å². The Labute approximate surface area is 374 Å². The number of carbonyl (C=O) groups excluding carboxylic acids is 7. The number of carbonyl (C=O) groups is 7. The van der Waals surface area contributed by atoms with Gasteiger partial charge in [-0.1, -0.05) is 114 Å². The smallest absolute Gasteiger partial charge is 0.287 e. The van der Waals surface area contributed by atoms with Gasteiger partial charge in [-0.15, -0.1) is 6.58 Å². The zero-order chi connectivity index (χ0) is 47.2. The third kappa shape index (κ3) is 14.5. The molecule has 15 heteroatoms. The van der Waals surface area contributed by atoms with E-state index < -0.39 is 70.3 Å². The maximum Gasteiger partial charge on any atom is 0.287 e. The van der Waals surface area contributed by atoms with E-state index in [1.165, 1.54) is 27.1 Å². The quantitative estimate of drug-likeness (QED) is 0.0327. The molecule has 2 saturated heterocycles. The fraction of sp³-hybridized carbons (Fsp3) is 0.809. The van der Waals surface area contributed by atoms with E-state index in [9.17, 15) is 37.2 Å². The average molecular weight is 905 g/mol. The standard InChI is InChI=1S/C47H80N4O9SSi/c1-14-16-17-18-19-21-49(61(59,60)22-23-62(11,12)13)29-33(25-35(52)26-34(45(4,5)6)30-50-38(54)27-46(7,8)28-39(50)55)44(58)51-31-36-40(47(36,9)10)41(51)37(53)24-32(3)42(56)43(57)48-20-15-2/h15,32-34,36,40-41H,2,14,16-31H2,1,3-13H3,(H,48,57)/t32-,33+,34-,36+,40+,41-/m1/s1. The first-order valence-corrected chi connectivity index (χ1v) is 28.4. The molecule has 0 bridgehead atoms. The zero-order valence-electron chi connectivity index (χ0n) is 40.2. The predicted molar refractivity (Wildman–Crippen MR) is 246 cm³/mol. The van der Waals surface area contributed by atoms with Gasteiger partial charge in [0.05, 0.1) is 17.7 Å². The van der Waals surface area contributed by atoms with Gasteiger partial charge < -0.3 is 10.2 Å². The molecule has 0 unspecified atom stereocenters. The van der Waals surface area contributed by atoms with E-state index in [-0.39, 0.29) is 111 Å². The van der Waals surface area contributed by atoms with Crippen LogP contribution in [0.4, 0.5) is 0 Å². The van der Waals surface area contributed by atoms with Gasteiger partial charge in [0.1, 0.15) is 5.78 Å². The zero-order valence-corrected chi connectivity index (χ0v) is 42.0. The molecule has 3 fully saturated rings. The largest absolute Gasteiger partial charge is 0.346 e. The van der Waals surface area contributed by atoms with Gasteiger partial charge in [-0.3, -0.25) is 38.5 Å². The molecule has 3 rings (SSSR count). The van der Waals surface area contributed by atoms with Gasteiger partial charge in [-0.25, -0.2) is 12.7 Å². The van der Waals surface area contributed by atoms with Crippen LogP contribution in [0.3, 0.4) is 0 Å². The normalized spacial score (nSPS) is 22.5. The van der Waals surface area contributed by atoms with Crippen LogP contribution in [0.25, 0.3) is 0 Å². The van der Waals surface area contributed by atoms with Crippen molar-refractivity contribution in [3.8, 4) is 0 Å². The molecular weight excluding hydrogens is 825 g/mol. The maximum atomic E-state index is 15.1. The molecule has 13 nitrogen and oxygen atoms in total. The molecule has 0 aromatic carbocycles. The summed E-state index contributed by atoms with van der Waals surface area (Å²) in [4.78, 5) is 98.6. The van der Waals surface area contributed by atoms with Crippen molar-refractivity contribution >= 4 is 59.1 Å². The number of Topliss-reactive ketones (excluding diaryl/α,β-unsaturated/α-hetero) is 3. The molecular formula is C47H80N4O9SSi. The SMILES string of the molecule is C=CCNC(=O)C(=O)[C@H](C)CC(=O)[C@@H]1[C@@H]2[C@H](CN1C(=O)[C@@H](CC(=O)C[C@H](CN1C(=O)CC(C)(C)CC1=O)C(C)(C)C)CN(CCCCCCC)S(=O)(=O)CC[Si](C)(C)C)C2(C)C. The number of likely N-dealkylation sites (tertiary alicyclic amines) is 2. The lowest BCUT2D eigenvalue weighted by Crippen LogP contribution is -2.51. The number of unbranched alkanes of at least 4 members (excludes halogenated alkanes) is 4. The van der Waals surface area contributed by atoms with E-state index in [0.29, 0.717) is 12.5 Å². The number of rotatable bonds is 26. The highest BCUT2D eigenvalue weighted by Gasteiger charge is 2.69. The number of imide groups is 1. The Bertz CT molecular complexity index is 1780. The maximum absolute atomic E-state index is 15.1. The molecule has 62 heavy (non-hydrogen) atoms. The van der Waals surface area contributed by atoms with Crippen molar-refractivity contribution < 1.29 is 42.0 Å². The van der Waals surface area contributed by atoms with Crippen LogP contribution in [0.2, 0.25) is 25.7 Å². The lowest BCUT2D eigenvalue weighted by molar-refractivity contribution is -0.154. The van der Waals surface area contributed by atoms with Crippen LogP contribution in [0, 0.1) is 45.8 Å².